The van der Waals surface area contributed by atoms with Crippen molar-refractivity contribution < 1.29 is 26.0 Å². The number of hydrogen-bond acceptors (Lipinski definition) is 5. The van der Waals surface area contributed by atoms with Crippen LogP contribution >= 0.6 is 11.3 Å². The first-order valence-corrected chi connectivity index (χ1v) is 13.7. The number of nitrogens with zero attached hydrogens (tertiary/aromatic N) is 3. The molecule has 0 atom stereocenters. The van der Waals surface area contributed by atoms with Crippen LogP contribution in [0, 0.1) is 6.92 Å². The second-order valence-electron chi connectivity index (χ2n) is 8.57. The van der Waals surface area contributed by atoms with Crippen LogP contribution in [0.25, 0.3) is 16.2 Å². The van der Waals surface area contributed by atoms with E-state index in [-0.39, 0.29) is 13.1 Å². The van der Waals surface area contributed by atoms with E-state index in [9.17, 15) is 21.6 Å². The van der Waals surface area contributed by atoms with Crippen LogP contribution in [0.3, 0.4) is 0 Å². The topological polar surface area (TPSA) is 67.8 Å². The average Bonchev–Trinajstić information content (AvgIpc) is 3.60. The molecule has 37 heavy (non-hydrogen) atoms. The number of benzene rings is 2. The molecule has 6 nitrogen and oxygen atoms in total. The number of thiazole rings is 1. The van der Waals surface area contributed by atoms with Gasteiger partial charge in [0.25, 0.3) is 0 Å². The van der Waals surface area contributed by atoms with Gasteiger partial charge >= 0.3 is 6.18 Å². The maximum atomic E-state index is 13.5. The fourth-order valence-electron chi connectivity index (χ4n) is 3.95. The lowest BCUT2D eigenvalue weighted by molar-refractivity contribution is -0.137. The number of imidazole rings is 1. The largest absolute Gasteiger partial charge is 0.468 e. The zero-order valence-electron chi connectivity index (χ0n) is 19.6. The van der Waals surface area contributed by atoms with Crippen LogP contribution in [0.15, 0.2) is 87.8 Å². The highest BCUT2D eigenvalue weighted by Crippen LogP contribution is 2.32. The summed E-state index contributed by atoms with van der Waals surface area (Å²) in [6, 6.07) is 15.0. The number of fused-ring (bicyclic) bond motifs is 1. The van der Waals surface area contributed by atoms with Crippen molar-refractivity contribution in [1.29, 1.82) is 0 Å². The second-order valence-corrected chi connectivity index (χ2v) is 11.3. The summed E-state index contributed by atoms with van der Waals surface area (Å²) in [4.78, 5) is 5.02. The zero-order valence-corrected chi connectivity index (χ0v) is 21.3. The molecule has 0 radical (unpaired) electrons. The maximum absolute atomic E-state index is 13.5. The average molecular weight is 546 g/mol. The molecule has 0 aliphatic rings. The van der Waals surface area contributed by atoms with Gasteiger partial charge in [-0.05, 0) is 37.3 Å². The van der Waals surface area contributed by atoms with Gasteiger partial charge in [-0.1, -0.05) is 35.9 Å². The smallest absolute Gasteiger partial charge is 0.416 e. The second kappa shape index (κ2) is 9.81. The normalized spacial score (nSPS) is 12.6. The zero-order chi connectivity index (χ0) is 26.2. The summed E-state index contributed by atoms with van der Waals surface area (Å²) in [5.41, 5.74) is 2.74. The van der Waals surface area contributed by atoms with Gasteiger partial charge in [0, 0.05) is 35.8 Å². The van der Waals surface area contributed by atoms with E-state index >= 15 is 0 Å². The summed E-state index contributed by atoms with van der Waals surface area (Å²) >= 11 is 1.44. The van der Waals surface area contributed by atoms with Crippen molar-refractivity contribution in [1.82, 2.24) is 13.7 Å². The number of hydrogen-bond donors (Lipinski definition) is 0. The molecule has 0 fully saturated rings. The Morgan fingerprint density at radius 2 is 1.86 bits per heavy atom. The lowest BCUT2D eigenvalue weighted by Gasteiger charge is -2.22. The van der Waals surface area contributed by atoms with E-state index in [2.05, 4.69) is 4.98 Å². The third-order valence-electron chi connectivity index (χ3n) is 5.96. The number of halogens is 3. The molecule has 11 heteroatoms. The molecule has 0 aliphatic carbocycles. The van der Waals surface area contributed by atoms with Crippen LogP contribution in [0.2, 0.25) is 0 Å². The van der Waals surface area contributed by atoms with Crippen LogP contribution < -0.4 is 0 Å². The lowest BCUT2D eigenvalue weighted by atomic mass is 10.1. The fourth-order valence-corrected chi connectivity index (χ4v) is 6.32. The summed E-state index contributed by atoms with van der Waals surface area (Å²) in [5.74, 6) is 0.385. The van der Waals surface area contributed by atoms with Gasteiger partial charge in [0.2, 0.25) is 10.0 Å². The minimum atomic E-state index is -4.66. The maximum Gasteiger partial charge on any atom is 0.416 e. The number of furan rings is 1. The van der Waals surface area contributed by atoms with Gasteiger partial charge < -0.3 is 4.42 Å². The summed E-state index contributed by atoms with van der Waals surface area (Å²) in [7, 11) is -4.26. The van der Waals surface area contributed by atoms with Crippen LogP contribution in [0.1, 0.15) is 22.6 Å². The molecule has 0 unspecified atom stereocenters. The van der Waals surface area contributed by atoms with E-state index in [4.69, 9.17) is 4.42 Å². The summed E-state index contributed by atoms with van der Waals surface area (Å²) in [6.45, 7) is 1.93. The molecule has 3 aromatic heterocycles. The Bertz CT molecular complexity index is 1620. The van der Waals surface area contributed by atoms with Gasteiger partial charge in [0.15, 0.2) is 4.96 Å². The van der Waals surface area contributed by atoms with Crippen molar-refractivity contribution in [3.8, 4) is 11.3 Å². The Morgan fingerprint density at radius 1 is 1.08 bits per heavy atom. The predicted octanol–water partition coefficient (Wildman–Crippen LogP) is 6.42. The summed E-state index contributed by atoms with van der Waals surface area (Å²) in [6.07, 6.45) is -1.01. The lowest BCUT2D eigenvalue weighted by Crippen LogP contribution is -2.32. The van der Waals surface area contributed by atoms with E-state index in [0.717, 1.165) is 43.9 Å². The first kappa shape index (κ1) is 25.2. The van der Waals surface area contributed by atoms with Crippen LogP contribution in [-0.4, -0.2) is 28.7 Å². The molecule has 0 spiro atoms. The van der Waals surface area contributed by atoms with Gasteiger partial charge in [0.05, 0.1) is 29.0 Å². The van der Waals surface area contributed by atoms with Gasteiger partial charge in [-0.25, -0.2) is 13.4 Å². The van der Waals surface area contributed by atoms with E-state index in [1.807, 2.05) is 47.2 Å². The molecule has 2 aromatic carbocycles. The Hall–Kier alpha value is -3.41. The molecule has 0 saturated carbocycles. The van der Waals surface area contributed by atoms with E-state index < -0.39 is 26.7 Å². The number of aromatic nitrogens is 2. The molecule has 0 aliphatic heterocycles. The Kier molecular flexibility index (Phi) is 6.69. The van der Waals surface area contributed by atoms with Crippen molar-refractivity contribution in [3.05, 3.63) is 101 Å². The van der Waals surface area contributed by atoms with Crippen molar-refractivity contribution in [2.75, 3.05) is 6.54 Å². The van der Waals surface area contributed by atoms with Crippen molar-refractivity contribution in [2.24, 2.45) is 0 Å². The first-order valence-electron chi connectivity index (χ1n) is 11.3. The molecule has 0 N–H and O–H groups in total. The third-order valence-corrected chi connectivity index (χ3v) is 8.69. The minimum absolute atomic E-state index is 0.0309. The highest BCUT2D eigenvalue weighted by atomic mass is 32.2. The van der Waals surface area contributed by atoms with E-state index in [1.54, 1.807) is 12.1 Å². The molecule has 0 amide bonds. The Morgan fingerprint density at radius 3 is 2.57 bits per heavy atom. The van der Waals surface area contributed by atoms with Crippen molar-refractivity contribution >= 4 is 26.3 Å². The van der Waals surface area contributed by atoms with E-state index in [0.29, 0.717) is 18.2 Å². The highest BCUT2D eigenvalue weighted by molar-refractivity contribution is 7.89. The first-order chi connectivity index (χ1) is 17.6. The summed E-state index contributed by atoms with van der Waals surface area (Å²) < 4.78 is 75.1. The van der Waals surface area contributed by atoms with Gasteiger partial charge in [0.1, 0.15) is 5.76 Å². The molecule has 192 valence electrons. The standard InChI is InChI=1S/C26H22F3N3O3S2/c1-18-7-9-19(10-8-18)24-16-32-21(17-36-25(32)30-24)11-12-31(15-22-5-3-13-35-22)37(33,34)23-6-2-4-20(14-23)26(27,28)29/h2-10,13-14,16-17H,11-12,15H2,1H3. The number of alkyl halides is 3. The number of aryl methyl sites for hydroxylation is 1. The molecule has 0 bridgehead atoms. The van der Waals surface area contributed by atoms with E-state index in [1.165, 1.54) is 23.7 Å². The quantitative estimate of drug-likeness (QED) is 0.226. The van der Waals surface area contributed by atoms with Crippen LogP contribution in [-0.2, 0) is 29.2 Å². The monoisotopic (exact) mass is 545 g/mol. The number of rotatable bonds is 8. The van der Waals surface area contributed by atoms with Crippen molar-refractivity contribution in [3.63, 3.8) is 0 Å². The molecule has 0 saturated heterocycles. The van der Waals surface area contributed by atoms with Crippen LogP contribution in [0.4, 0.5) is 13.2 Å². The van der Waals surface area contributed by atoms with Crippen molar-refractivity contribution in [2.45, 2.75) is 31.0 Å². The molecular weight excluding hydrogens is 523 g/mol. The molecule has 5 aromatic rings. The Balaban J connectivity index is 1.43. The third kappa shape index (κ3) is 5.34. The molecular formula is C26H22F3N3O3S2. The Labute approximate surface area is 215 Å². The van der Waals surface area contributed by atoms with Gasteiger partial charge in [-0.3, -0.25) is 4.40 Å². The van der Waals surface area contributed by atoms with Gasteiger partial charge in [-0.15, -0.1) is 11.3 Å². The van der Waals surface area contributed by atoms with Gasteiger partial charge in [-0.2, -0.15) is 17.5 Å². The minimum Gasteiger partial charge on any atom is -0.468 e. The summed E-state index contributed by atoms with van der Waals surface area (Å²) in [5, 5.41) is 1.91. The predicted molar refractivity (Wildman–Crippen MR) is 135 cm³/mol. The SMILES string of the molecule is Cc1ccc(-c2cn3c(CCN(Cc4ccco4)S(=O)(=O)c4cccc(C(F)(F)F)c4)csc3n2)cc1. The highest BCUT2D eigenvalue weighted by Gasteiger charge is 2.33. The number of sulfonamides is 1. The van der Waals surface area contributed by atoms with Crippen LogP contribution in [0.5, 0.6) is 0 Å². The molecule has 3 heterocycles. The fraction of sp³-hybridized carbons (Fsp3) is 0.192. The molecule has 5 rings (SSSR count).